The molecule has 1 aromatic carbocycles. The third-order valence-electron chi connectivity index (χ3n) is 1.34. The predicted octanol–water partition coefficient (Wildman–Crippen LogP) is 1.06. The first-order valence-corrected chi connectivity index (χ1v) is 3.36. The standard InChI is InChI=1S/C9H4NO3/c11-7-1-2-8-3-5-9(6-4-8)10(12)13/h3-6H/q-1. The van der Waals surface area contributed by atoms with Gasteiger partial charge in [-0.05, 0) is 0 Å². The van der Waals surface area contributed by atoms with Gasteiger partial charge in [0, 0.05) is 18.4 Å². The maximum absolute atomic E-state index is 10.2. The molecule has 0 aromatic heterocycles. The number of hydrogen-bond donors (Lipinski definition) is 0. The zero-order valence-corrected chi connectivity index (χ0v) is 6.48. The lowest BCUT2D eigenvalue weighted by Crippen LogP contribution is -1.86. The summed E-state index contributed by atoms with van der Waals surface area (Å²) in [6, 6.07) is 5.61. The minimum atomic E-state index is -0.497. The average Bonchev–Trinajstić information content (AvgIpc) is 2.15. The Bertz CT molecular complexity index is 384. The normalized spacial score (nSPS) is 8.31. The second-order valence-corrected chi connectivity index (χ2v) is 2.16. The van der Waals surface area contributed by atoms with E-state index in [1.165, 1.54) is 30.6 Å². The molecule has 0 bridgehead atoms. The van der Waals surface area contributed by atoms with Crippen molar-refractivity contribution in [3.05, 3.63) is 39.9 Å². The third-order valence-corrected chi connectivity index (χ3v) is 1.34. The van der Waals surface area contributed by atoms with E-state index in [9.17, 15) is 14.9 Å². The fraction of sp³-hybridized carbons (Fsp3) is 0. The van der Waals surface area contributed by atoms with Crippen LogP contribution in [0.4, 0.5) is 5.69 Å². The Hall–Kier alpha value is -2.15. The van der Waals surface area contributed by atoms with E-state index in [-0.39, 0.29) is 5.69 Å². The van der Waals surface area contributed by atoms with E-state index in [0.29, 0.717) is 5.56 Å². The molecule has 0 spiro atoms. The van der Waals surface area contributed by atoms with Gasteiger partial charge >= 0.3 is 0 Å². The maximum Gasteiger partial charge on any atom is 0.269 e. The van der Waals surface area contributed by atoms with Gasteiger partial charge in [0.15, 0.2) is 0 Å². The fourth-order valence-corrected chi connectivity index (χ4v) is 0.764. The van der Waals surface area contributed by atoms with Crippen LogP contribution in [0.25, 0.3) is 0 Å². The van der Waals surface area contributed by atoms with Crippen LogP contribution >= 0.6 is 0 Å². The van der Waals surface area contributed by atoms with E-state index in [0.717, 1.165) is 0 Å². The molecule has 0 aliphatic rings. The van der Waals surface area contributed by atoms with E-state index < -0.39 is 4.92 Å². The SMILES string of the molecule is O=[C-]C#Cc1ccc([N+](=O)[O-])cc1. The van der Waals surface area contributed by atoms with Gasteiger partial charge in [0.05, 0.1) is 4.92 Å². The molecule has 0 aliphatic carbocycles. The number of nitrogens with zero attached hydrogens (tertiary/aromatic N) is 1. The van der Waals surface area contributed by atoms with E-state index in [4.69, 9.17) is 0 Å². The minimum Gasteiger partial charge on any atom is -0.409 e. The first-order chi connectivity index (χ1) is 6.24. The van der Waals surface area contributed by atoms with Gasteiger partial charge in [-0.3, -0.25) is 22.0 Å². The molecule has 1 rings (SSSR count). The van der Waals surface area contributed by atoms with Gasteiger partial charge in [-0.25, -0.2) is 0 Å². The summed E-state index contributed by atoms with van der Waals surface area (Å²) in [5.74, 6) is 4.55. The lowest BCUT2D eigenvalue weighted by Gasteiger charge is -1.94. The Balaban J connectivity index is 2.93. The number of carbonyl (C=O) groups excluding carboxylic acids is 1. The number of rotatable bonds is 1. The van der Waals surface area contributed by atoms with Crippen LogP contribution in [0.1, 0.15) is 5.56 Å². The summed E-state index contributed by atoms with van der Waals surface area (Å²) in [6.07, 6.45) is 1.41. The molecule has 1 aromatic rings. The summed E-state index contributed by atoms with van der Waals surface area (Å²) in [5, 5.41) is 10.2. The van der Waals surface area contributed by atoms with E-state index in [2.05, 4.69) is 11.8 Å². The third kappa shape index (κ3) is 2.42. The van der Waals surface area contributed by atoms with Crippen LogP contribution in [0.5, 0.6) is 0 Å². The van der Waals surface area contributed by atoms with Crippen molar-refractivity contribution in [3.63, 3.8) is 0 Å². The summed E-state index contributed by atoms with van der Waals surface area (Å²) in [7, 11) is 0. The van der Waals surface area contributed by atoms with Crippen molar-refractivity contribution >= 4 is 12.0 Å². The zero-order valence-electron chi connectivity index (χ0n) is 6.48. The lowest BCUT2D eigenvalue weighted by molar-refractivity contribution is -0.384. The minimum absolute atomic E-state index is 0.000586. The van der Waals surface area contributed by atoms with Crippen molar-refractivity contribution < 1.29 is 9.72 Å². The first kappa shape index (κ1) is 8.94. The Morgan fingerprint density at radius 2 is 1.92 bits per heavy atom. The highest BCUT2D eigenvalue weighted by Gasteiger charge is 2.00. The van der Waals surface area contributed by atoms with Crippen molar-refractivity contribution in [3.8, 4) is 11.8 Å². The van der Waals surface area contributed by atoms with Gasteiger partial charge in [-0.2, -0.15) is 0 Å². The molecule has 13 heavy (non-hydrogen) atoms. The van der Waals surface area contributed by atoms with Crippen molar-refractivity contribution in [1.29, 1.82) is 0 Å². The molecule has 4 heteroatoms. The molecule has 0 saturated carbocycles. The number of nitro benzene ring substituents is 1. The van der Waals surface area contributed by atoms with Crippen LogP contribution < -0.4 is 0 Å². The Kier molecular flexibility index (Phi) is 2.77. The van der Waals surface area contributed by atoms with Crippen LogP contribution in [0.15, 0.2) is 24.3 Å². The van der Waals surface area contributed by atoms with E-state index >= 15 is 0 Å². The second kappa shape index (κ2) is 4.02. The highest BCUT2D eigenvalue weighted by molar-refractivity contribution is 5.74. The molecule has 64 valence electrons. The molecule has 0 fully saturated rings. The largest absolute Gasteiger partial charge is 0.409 e. The van der Waals surface area contributed by atoms with Gasteiger partial charge in [0.2, 0.25) is 0 Å². The highest BCUT2D eigenvalue weighted by Crippen LogP contribution is 2.10. The molecular formula is C9H4NO3-. The van der Waals surface area contributed by atoms with Crippen LogP contribution in [-0.4, -0.2) is 11.2 Å². The van der Waals surface area contributed by atoms with Gasteiger partial charge in [-0.15, -0.1) is 0 Å². The van der Waals surface area contributed by atoms with Crippen molar-refractivity contribution in [2.24, 2.45) is 0 Å². The molecular weight excluding hydrogens is 170 g/mol. The Morgan fingerprint density at radius 1 is 1.31 bits per heavy atom. The Labute approximate surface area is 74.3 Å². The molecule has 0 unspecified atom stereocenters. The highest BCUT2D eigenvalue weighted by atomic mass is 16.6. The zero-order chi connectivity index (χ0) is 9.68. The fourth-order valence-electron chi connectivity index (χ4n) is 0.764. The molecule has 0 heterocycles. The quantitative estimate of drug-likeness (QED) is 0.277. The van der Waals surface area contributed by atoms with Crippen LogP contribution in [-0.2, 0) is 4.79 Å². The number of benzene rings is 1. The van der Waals surface area contributed by atoms with Crippen LogP contribution in [0, 0.1) is 22.0 Å². The second-order valence-electron chi connectivity index (χ2n) is 2.16. The monoisotopic (exact) mass is 174 g/mol. The van der Waals surface area contributed by atoms with Gasteiger partial charge in [-0.1, -0.05) is 17.7 Å². The van der Waals surface area contributed by atoms with E-state index in [1.54, 1.807) is 0 Å². The molecule has 4 nitrogen and oxygen atoms in total. The summed E-state index contributed by atoms with van der Waals surface area (Å²) in [6.45, 7) is 0. The number of non-ortho nitro benzene ring substituents is 1. The predicted molar refractivity (Wildman–Crippen MR) is 45.7 cm³/mol. The van der Waals surface area contributed by atoms with Gasteiger partial charge in [0.1, 0.15) is 0 Å². The molecule has 0 N–H and O–H groups in total. The van der Waals surface area contributed by atoms with Gasteiger partial charge in [0.25, 0.3) is 5.69 Å². The summed E-state index contributed by atoms with van der Waals surface area (Å²) < 4.78 is 0. The number of nitro groups is 1. The number of hydrogen-bond acceptors (Lipinski definition) is 3. The smallest absolute Gasteiger partial charge is 0.269 e. The van der Waals surface area contributed by atoms with E-state index in [1.807, 2.05) is 0 Å². The molecule has 0 saturated heterocycles. The molecule has 0 radical (unpaired) electrons. The average molecular weight is 174 g/mol. The molecule has 0 amide bonds. The van der Waals surface area contributed by atoms with Crippen molar-refractivity contribution in [1.82, 2.24) is 0 Å². The summed E-state index contributed by atoms with van der Waals surface area (Å²) in [5.41, 5.74) is 0.551. The van der Waals surface area contributed by atoms with Crippen molar-refractivity contribution in [2.75, 3.05) is 0 Å². The summed E-state index contributed by atoms with van der Waals surface area (Å²) >= 11 is 0. The van der Waals surface area contributed by atoms with Crippen LogP contribution in [0.2, 0.25) is 0 Å². The van der Waals surface area contributed by atoms with Crippen LogP contribution in [0.3, 0.4) is 0 Å². The summed E-state index contributed by atoms with van der Waals surface area (Å²) in [4.78, 5) is 19.5. The topological polar surface area (TPSA) is 60.2 Å². The lowest BCUT2D eigenvalue weighted by atomic mass is 10.2. The maximum atomic E-state index is 10.2. The first-order valence-electron chi connectivity index (χ1n) is 3.36. The van der Waals surface area contributed by atoms with Crippen molar-refractivity contribution in [2.45, 2.75) is 0 Å². The Morgan fingerprint density at radius 3 is 2.38 bits per heavy atom. The molecule has 0 aliphatic heterocycles. The van der Waals surface area contributed by atoms with Gasteiger partial charge < -0.3 is 4.79 Å². The molecule has 0 atom stereocenters.